The lowest BCUT2D eigenvalue weighted by atomic mass is 10.2. The topological polar surface area (TPSA) is 92.4 Å². The van der Waals surface area contributed by atoms with Crippen LogP contribution in [-0.2, 0) is 19.6 Å². The van der Waals surface area contributed by atoms with Crippen LogP contribution in [0.15, 0.2) is 22.9 Å². The minimum atomic E-state index is -0.263. The molecule has 1 N–H and O–H groups in total. The maximum Gasteiger partial charge on any atom is 0.272 e. The Labute approximate surface area is 122 Å². The minimum Gasteiger partial charge on any atom is -0.392 e. The van der Waals surface area contributed by atoms with Crippen LogP contribution < -0.4 is 0 Å². The van der Waals surface area contributed by atoms with Crippen LogP contribution in [0, 0.1) is 0 Å². The van der Waals surface area contributed by atoms with Gasteiger partial charge in [0.2, 0.25) is 5.89 Å². The molecule has 0 aliphatic rings. The van der Waals surface area contributed by atoms with E-state index in [0.29, 0.717) is 17.3 Å². The van der Waals surface area contributed by atoms with E-state index in [1.165, 1.54) is 11.1 Å². The van der Waals surface area contributed by atoms with Crippen molar-refractivity contribution in [2.24, 2.45) is 0 Å². The maximum absolute atomic E-state index is 12.2. The summed E-state index contributed by atoms with van der Waals surface area (Å²) >= 11 is 0. The van der Waals surface area contributed by atoms with Gasteiger partial charge >= 0.3 is 0 Å². The summed E-state index contributed by atoms with van der Waals surface area (Å²) in [6.45, 7) is 2.13. The lowest BCUT2D eigenvalue weighted by Gasteiger charge is -2.14. The highest BCUT2D eigenvalue weighted by Crippen LogP contribution is 2.08. The van der Waals surface area contributed by atoms with Crippen LogP contribution in [0.25, 0.3) is 0 Å². The summed E-state index contributed by atoms with van der Waals surface area (Å²) in [4.78, 5) is 21.9. The molecule has 2 aromatic heterocycles. The molecule has 21 heavy (non-hydrogen) atoms. The van der Waals surface area contributed by atoms with Gasteiger partial charge in [-0.25, -0.2) is 0 Å². The zero-order valence-electron chi connectivity index (χ0n) is 12.1. The van der Waals surface area contributed by atoms with Gasteiger partial charge in [0.05, 0.1) is 6.61 Å². The Morgan fingerprint density at radius 1 is 1.48 bits per heavy atom. The van der Waals surface area contributed by atoms with Crippen LogP contribution in [0.1, 0.15) is 41.1 Å². The molecule has 7 nitrogen and oxygen atoms in total. The van der Waals surface area contributed by atoms with Crippen molar-refractivity contribution in [3.8, 4) is 0 Å². The molecular formula is C14H18N4O3. The predicted molar refractivity (Wildman–Crippen MR) is 74.3 cm³/mol. The van der Waals surface area contributed by atoms with Gasteiger partial charge in [0.1, 0.15) is 12.2 Å². The Kier molecular flexibility index (Phi) is 4.99. The van der Waals surface area contributed by atoms with Gasteiger partial charge in [-0.05, 0) is 24.1 Å². The number of amides is 1. The molecule has 0 bridgehead atoms. The van der Waals surface area contributed by atoms with Gasteiger partial charge in [-0.2, -0.15) is 4.98 Å². The number of aromatic nitrogens is 3. The number of pyridine rings is 1. The first kappa shape index (κ1) is 15.1. The number of aryl methyl sites for hydroxylation is 1. The predicted octanol–water partition coefficient (Wildman–Crippen LogP) is 1.18. The van der Waals surface area contributed by atoms with Gasteiger partial charge in [0, 0.05) is 19.7 Å². The van der Waals surface area contributed by atoms with Gasteiger partial charge in [-0.1, -0.05) is 12.1 Å². The molecule has 0 aromatic carbocycles. The number of hydrogen-bond donors (Lipinski definition) is 1. The number of rotatable bonds is 6. The molecular weight excluding hydrogens is 272 g/mol. The number of carbonyl (C=O) groups is 1. The minimum absolute atomic E-state index is 0.128. The maximum atomic E-state index is 12.2. The van der Waals surface area contributed by atoms with E-state index >= 15 is 0 Å². The summed E-state index contributed by atoms with van der Waals surface area (Å²) in [6.07, 6.45) is 3.19. The van der Waals surface area contributed by atoms with Crippen LogP contribution >= 0.6 is 0 Å². The third-order valence-corrected chi connectivity index (χ3v) is 2.93. The highest BCUT2D eigenvalue weighted by atomic mass is 16.5. The highest BCUT2D eigenvalue weighted by Gasteiger charge is 2.16. The van der Waals surface area contributed by atoms with Crippen LogP contribution in [0.4, 0.5) is 0 Å². The molecule has 0 unspecified atom stereocenters. The molecule has 2 heterocycles. The summed E-state index contributed by atoms with van der Waals surface area (Å²) in [7, 11) is 1.64. The standard InChI is InChI=1S/C14H18N4O3/c1-3-4-12-16-13(21-17-12)8-18(2)14(20)11-7-10(9-19)5-6-15-11/h5-7,19H,3-4,8-9H2,1-2H3. The third kappa shape index (κ3) is 3.85. The van der Waals surface area contributed by atoms with E-state index in [1.54, 1.807) is 19.2 Å². The fourth-order valence-electron chi connectivity index (χ4n) is 1.84. The van der Waals surface area contributed by atoms with Crippen molar-refractivity contribution in [2.75, 3.05) is 7.05 Å². The Morgan fingerprint density at radius 3 is 3.00 bits per heavy atom. The Balaban J connectivity index is 2.04. The first-order chi connectivity index (χ1) is 10.1. The van der Waals surface area contributed by atoms with Gasteiger partial charge in [-0.15, -0.1) is 0 Å². The first-order valence-electron chi connectivity index (χ1n) is 6.76. The van der Waals surface area contributed by atoms with Crippen LogP contribution in [-0.4, -0.2) is 38.1 Å². The highest BCUT2D eigenvalue weighted by molar-refractivity contribution is 5.92. The second-order valence-corrected chi connectivity index (χ2v) is 4.72. The van der Waals surface area contributed by atoms with Crippen LogP contribution in [0.3, 0.4) is 0 Å². The van der Waals surface area contributed by atoms with E-state index in [1.807, 2.05) is 6.92 Å². The molecule has 0 saturated carbocycles. The average Bonchev–Trinajstić information content (AvgIpc) is 2.94. The number of aliphatic hydroxyl groups excluding tert-OH is 1. The van der Waals surface area contributed by atoms with Gasteiger partial charge in [-0.3, -0.25) is 9.78 Å². The quantitative estimate of drug-likeness (QED) is 0.859. The zero-order chi connectivity index (χ0) is 15.2. The van der Waals surface area contributed by atoms with E-state index < -0.39 is 0 Å². The largest absolute Gasteiger partial charge is 0.392 e. The van der Waals surface area contributed by atoms with Crippen molar-refractivity contribution in [1.82, 2.24) is 20.0 Å². The van der Waals surface area contributed by atoms with E-state index in [4.69, 9.17) is 9.63 Å². The second kappa shape index (κ2) is 6.94. The first-order valence-corrected chi connectivity index (χ1v) is 6.76. The Bertz CT molecular complexity index is 612. The van der Waals surface area contributed by atoms with E-state index in [9.17, 15) is 4.79 Å². The normalized spacial score (nSPS) is 10.6. The number of aliphatic hydroxyl groups is 1. The van der Waals surface area contributed by atoms with Crippen molar-refractivity contribution in [3.63, 3.8) is 0 Å². The molecule has 112 valence electrons. The summed E-state index contributed by atoms with van der Waals surface area (Å²) < 4.78 is 5.10. The van der Waals surface area contributed by atoms with Crippen molar-refractivity contribution in [3.05, 3.63) is 41.3 Å². The summed E-state index contributed by atoms with van der Waals surface area (Å²) in [5.74, 6) is 0.780. The van der Waals surface area contributed by atoms with Gasteiger partial charge in [0.25, 0.3) is 5.91 Å². The molecule has 0 saturated heterocycles. The van der Waals surface area contributed by atoms with E-state index in [0.717, 1.165) is 12.8 Å². The number of nitrogens with zero attached hydrogens (tertiary/aromatic N) is 4. The Hall–Kier alpha value is -2.28. The SMILES string of the molecule is CCCc1noc(CN(C)C(=O)c2cc(CO)ccn2)n1. The molecule has 1 amide bonds. The summed E-state index contributed by atoms with van der Waals surface area (Å²) in [5, 5.41) is 12.9. The molecule has 0 fully saturated rings. The van der Waals surface area contributed by atoms with Gasteiger partial charge < -0.3 is 14.5 Å². The van der Waals surface area contributed by atoms with Crippen molar-refractivity contribution in [1.29, 1.82) is 0 Å². The van der Waals surface area contributed by atoms with Crippen LogP contribution in [0.2, 0.25) is 0 Å². The molecule has 7 heteroatoms. The summed E-state index contributed by atoms with van der Waals surface area (Å²) in [5.41, 5.74) is 0.919. The van der Waals surface area contributed by atoms with Crippen molar-refractivity contribution < 1.29 is 14.4 Å². The average molecular weight is 290 g/mol. The fraction of sp³-hybridized carbons (Fsp3) is 0.429. The molecule has 2 aromatic rings. The molecule has 0 spiro atoms. The zero-order valence-corrected chi connectivity index (χ0v) is 12.1. The van der Waals surface area contributed by atoms with Crippen molar-refractivity contribution in [2.45, 2.75) is 32.9 Å². The Morgan fingerprint density at radius 2 is 2.29 bits per heavy atom. The monoisotopic (exact) mass is 290 g/mol. The lowest BCUT2D eigenvalue weighted by Crippen LogP contribution is -2.27. The van der Waals surface area contributed by atoms with E-state index in [-0.39, 0.29) is 24.8 Å². The lowest BCUT2D eigenvalue weighted by molar-refractivity contribution is 0.0763. The molecule has 0 aliphatic carbocycles. The second-order valence-electron chi connectivity index (χ2n) is 4.72. The van der Waals surface area contributed by atoms with Crippen LogP contribution in [0.5, 0.6) is 0 Å². The fourth-order valence-corrected chi connectivity index (χ4v) is 1.84. The summed E-state index contributed by atoms with van der Waals surface area (Å²) in [6, 6.07) is 3.22. The van der Waals surface area contributed by atoms with Gasteiger partial charge in [0.15, 0.2) is 5.82 Å². The van der Waals surface area contributed by atoms with Crippen molar-refractivity contribution >= 4 is 5.91 Å². The molecule has 0 atom stereocenters. The number of hydrogen-bond acceptors (Lipinski definition) is 6. The number of carbonyl (C=O) groups excluding carboxylic acids is 1. The van der Waals surface area contributed by atoms with E-state index in [2.05, 4.69) is 15.1 Å². The molecule has 2 rings (SSSR count). The molecule has 0 radical (unpaired) electrons. The smallest absolute Gasteiger partial charge is 0.272 e. The molecule has 0 aliphatic heterocycles. The third-order valence-electron chi connectivity index (χ3n) is 2.93.